The van der Waals surface area contributed by atoms with Crippen molar-refractivity contribution in [3.05, 3.63) is 108 Å². The van der Waals surface area contributed by atoms with Gasteiger partial charge in [0.25, 0.3) is 0 Å². The first-order valence-corrected chi connectivity index (χ1v) is 16.8. The van der Waals surface area contributed by atoms with Gasteiger partial charge in [0.1, 0.15) is 17.4 Å². The van der Waals surface area contributed by atoms with Crippen LogP contribution in [0.15, 0.2) is 107 Å². The molecule has 0 radical (unpaired) electrons. The Balaban J connectivity index is 1.31. The number of amidine groups is 1. The Bertz CT molecular complexity index is 1860. The van der Waals surface area contributed by atoms with Crippen molar-refractivity contribution in [3.8, 4) is 16.9 Å². The third-order valence-corrected chi connectivity index (χ3v) is 8.92. The Morgan fingerprint density at radius 2 is 1.62 bits per heavy atom. The van der Waals surface area contributed by atoms with Crippen molar-refractivity contribution in [2.75, 3.05) is 23.3 Å². The summed E-state index contributed by atoms with van der Waals surface area (Å²) in [4.78, 5) is 31.6. The molecule has 10 nitrogen and oxygen atoms in total. The number of nitrogens with two attached hydrogens (primary N) is 2. The van der Waals surface area contributed by atoms with Gasteiger partial charge in [0, 0.05) is 29.0 Å². The van der Waals surface area contributed by atoms with E-state index in [2.05, 4.69) is 10.3 Å². The second-order valence-electron chi connectivity index (χ2n) is 11.4. The molecule has 5 N–H and O–H groups in total. The Labute approximate surface area is 273 Å². The number of nitrogens with zero attached hydrogens (tertiary/aromatic N) is 2. The monoisotopic (exact) mass is 657 g/mol. The first kappa shape index (κ1) is 33.3. The second kappa shape index (κ2) is 15.0. The fourth-order valence-electron chi connectivity index (χ4n) is 5.65. The van der Waals surface area contributed by atoms with E-state index in [0.717, 1.165) is 31.4 Å². The number of amides is 2. The van der Waals surface area contributed by atoms with Crippen LogP contribution in [-0.2, 0) is 14.8 Å². The maximum Gasteiger partial charge on any atom is 0.441 e. The summed E-state index contributed by atoms with van der Waals surface area (Å²) in [6.07, 6.45) is 4.67. The van der Waals surface area contributed by atoms with Gasteiger partial charge in [-0.1, -0.05) is 61.7 Å². The Hall–Kier alpha value is -5.07. The van der Waals surface area contributed by atoms with Crippen molar-refractivity contribution >= 4 is 39.2 Å². The van der Waals surface area contributed by atoms with Crippen LogP contribution in [-0.4, -0.2) is 39.3 Å². The number of primary sulfonamides is 1. The second-order valence-corrected chi connectivity index (χ2v) is 13.0. The summed E-state index contributed by atoms with van der Waals surface area (Å²) in [6, 6.07) is 25.5. The molecule has 0 unspecified atom stereocenters. The van der Waals surface area contributed by atoms with Gasteiger partial charge in [0.15, 0.2) is 0 Å². The summed E-state index contributed by atoms with van der Waals surface area (Å²) in [5, 5.41) is 8.33. The van der Waals surface area contributed by atoms with Gasteiger partial charge in [-0.3, -0.25) is 4.79 Å². The highest BCUT2D eigenvalue weighted by Gasteiger charge is 2.21. The number of sulfonamides is 1. The molecule has 1 aliphatic rings. The lowest BCUT2D eigenvalue weighted by Crippen LogP contribution is -2.37. The molecule has 12 heteroatoms. The van der Waals surface area contributed by atoms with E-state index in [-0.39, 0.29) is 28.9 Å². The zero-order valence-corrected chi connectivity index (χ0v) is 26.5. The average Bonchev–Trinajstić information content (AvgIpc) is 3.06. The molecular formula is C35H36FN5O5S. The van der Waals surface area contributed by atoms with Gasteiger partial charge < -0.3 is 20.7 Å². The van der Waals surface area contributed by atoms with Crippen molar-refractivity contribution in [2.45, 2.75) is 37.0 Å². The van der Waals surface area contributed by atoms with Crippen LogP contribution >= 0.6 is 0 Å². The van der Waals surface area contributed by atoms with Gasteiger partial charge in [-0.05, 0) is 78.9 Å². The summed E-state index contributed by atoms with van der Waals surface area (Å²) in [5.41, 5.74) is 9.05. The summed E-state index contributed by atoms with van der Waals surface area (Å²) >= 11 is 0. The Morgan fingerprint density at radius 1 is 0.915 bits per heavy atom. The van der Waals surface area contributed by atoms with Crippen LogP contribution in [0.1, 0.15) is 37.7 Å². The summed E-state index contributed by atoms with van der Waals surface area (Å²) in [6.45, 7) is 0.712. The molecular weight excluding hydrogens is 621 g/mol. The number of benzene rings is 4. The molecule has 0 saturated heterocycles. The van der Waals surface area contributed by atoms with Gasteiger partial charge in [-0.2, -0.15) is 4.99 Å². The predicted molar refractivity (Wildman–Crippen MR) is 180 cm³/mol. The smallest absolute Gasteiger partial charge is 0.409 e. The molecule has 1 saturated carbocycles. The van der Waals surface area contributed by atoms with Gasteiger partial charge >= 0.3 is 6.09 Å². The van der Waals surface area contributed by atoms with Gasteiger partial charge in [0.2, 0.25) is 15.9 Å². The van der Waals surface area contributed by atoms with Gasteiger partial charge in [0.05, 0.1) is 11.4 Å². The molecule has 1 fully saturated rings. The third-order valence-electron chi connectivity index (χ3n) is 7.95. The van der Waals surface area contributed by atoms with E-state index >= 15 is 0 Å². The highest BCUT2D eigenvalue weighted by molar-refractivity contribution is 7.89. The van der Waals surface area contributed by atoms with E-state index in [9.17, 15) is 22.4 Å². The minimum atomic E-state index is -3.92. The molecule has 47 heavy (non-hydrogen) atoms. The van der Waals surface area contributed by atoms with Crippen molar-refractivity contribution in [2.24, 2.45) is 21.8 Å². The summed E-state index contributed by atoms with van der Waals surface area (Å²) < 4.78 is 42.4. The number of aliphatic imine (C=N–C) groups is 1. The zero-order chi connectivity index (χ0) is 33.4. The number of halogens is 1. The normalized spacial score (nSPS) is 14.0. The van der Waals surface area contributed by atoms with Crippen LogP contribution in [0, 0.1) is 11.7 Å². The zero-order valence-electron chi connectivity index (χ0n) is 25.6. The number of anilines is 2. The Morgan fingerprint density at radius 3 is 2.32 bits per heavy atom. The molecule has 0 aromatic heterocycles. The lowest BCUT2D eigenvalue weighted by Gasteiger charge is -2.31. The number of carbonyl (C=O) groups is 2. The molecule has 0 bridgehead atoms. The number of hydrogen-bond acceptors (Lipinski definition) is 6. The molecule has 0 spiro atoms. The van der Waals surface area contributed by atoms with Gasteiger partial charge in [-0.25, -0.2) is 22.7 Å². The maximum atomic E-state index is 13.4. The first-order chi connectivity index (χ1) is 22.5. The van der Waals surface area contributed by atoms with Crippen molar-refractivity contribution in [1.29, 1.82) is 0 Å². The van der Waals surface area contributed by atoms with E-state index in [0.29, 0.717) is 34.8 Å². The fourth-order valence-corrected chi connectivity index (χ4v) is 6.41. The molecule has 0 aliphatic heterocycles. The predicted octanol–water partition coefficient (Wildman–Crippen LogP) is 6.07. The number of rotatable bonds is 10. The highest BCUT2D eigenvalue weighted by Crippen LogP contribution is 2.29. The Kier molecular flexibility index (Phi) is 10.6. The number of hydrogen-bond donors (Lipinski definition) is 3. The van der Waals surface area contributed by atoms with E-state index in [4.69, 9.17) is 15.6 Å². The highest BCUT2D eigenvalue weighted by atomic mass is 32.2. The third kappa shape index (κ3) is 9.24. The van der Waals surface area contributed by atoms with Crippen LogP contribution in [0.2, 0.25) is 0 Å². The summed E-state index contributed by atoms with van der Waals surface area (Å²) in [5.74, 6) is -0.221. The van der Waals surface area contributed by atoms with Gasteiger partial charge in [-0.15, -0.1) is 0 Å². The molecule has 0 atom stereocenters. The minimum Gasteiger partial charge on any atom is -0.409 e. The SMILES string of the molecule is NC(=NC(=O)Oc1ccc(F)cc1)c1cccc(N(CC(=O)Nc2ccc(-c3ccccc3S(N)(=O)=O)cc2)CC2CCCCC2)c1. The van der Waals surface area contributed by atoms with E-state index < -0.39 is 21.9 Å². The van der Waals surface area contributed by atoms with E-state index in [1.54, 1.807) is 60.7 Å². The molecule has 1 aliphatic carbocycles. The fraction of sp³-hybridized carbons (Fsp3) is 0.229. The lowest BCUT2D eigenvalue weighted by molar-refractivity contribution is -0.115. The molecule has 244 valence electrons. The van der Waals surface area contributed by atoms with Crippen LogP contribution in [0.5, 0.6) is 5.75 Å². The average molecular weight is 658 g/mol. The van der Waals surface area contributed by atoms with Crippen molar-refractivity contribution in [3.63, 3.8) is 0 Å². The van der Waals surface area contributed by atoms with Crippen LogP contribution < -0.4 is 25.8 Å². The first-order valence-electron chi connectivity index (χ1n) is 15.2. The topological polar surface area (TPSA) is 157 Å². The molecule has 4 aromatic rings. The number of nitrogens with one attached hydrogen (secondary N) is 1. The van der Waals surface area contributed by atoms with Crippen LogP contribution in [0.3, 0.4) is 0 Å². The molecule has 4 aromatic carbocycles. The van der Waals surface area contributed by atoms with E-state index in [1.165, 1.54) is 36.8 Å². The quantitative estimate of drug-likeness (QED) is 0.138. The maximum absolute atomic E-state index is 13.4. The number of ether oxygens (including phenoxy) is 1. The molecule has 0 heterocycles. The van der Waals surface area contributed by atoms with Crippen LogP contribution in [0.25, 0.3) is 11.1 Å². The largest absolute Gasteiger partial charge is 0.441 e. The molecule has 2 amide bonds. The van der Waals surface area contributed by atoms with Crippen LogP contribution in [0.4, 0.5) is 20.6 Å². The summed E-state index contributed by atoms with van der Waals surface area (Å²) in [7, 11) is -3.92. The standard InChI is InChI=1S/C35H36FN5O5S/c36-27-15-19-30(20-16-27)46-35(43)40-34(37)26-9-6-10-29(21-26)41(22-24-7-2-1-3-8-24)23-33(42)39-28-17-13-25(14-18-28)31-11-4-5-12-32(31)47(38,44)45/h4-6,9-21,24H,1-3,7-8,22-23H2,(H,39,42)(H2,37,40,43)(H2,38,44,45). The van der Waals surface area contributed by atoms with Crippen molar-refractivity contribution < 1.29 is 27.1 Å². The van der Waals surface area contributed by atoms with E-state index in [1.807, 2.05) is 11.0 Å². The number of carbonyl (C=O) groups excluding carboxylic acids is 2. The molecule has 5 rings (SSSR count). The minimum absolute atomic E-state index is 0.0211. The van der Waals surface area contributed by atoms with Crippen molar-refractivity contribution in [1.82, 2.24) is 0 Å². The lowest BCUT2D eigenvalue weighted by atomic mass is 9.89.